The third-order valence-electron chi connectivity index (χ3n) is 4.38. The van der Waals surface area contributed by atoms with E-state index in [0.717, 1.165) is 27.8 Å². The maximum atomic E-state index is 12.4. The number of hydrogen-bond donors (Lipinski definition) is 0. The largest absolute Gasteiger partial charge is 0.441 e. The molecular weight excluding hydrogens is 318 g/mol. The predicted octanol–water partition coefficient (Wildman–Crippen LogP) is 2.60. The van der Waals surface area contributed by atoms with Gasteiger partial charge < -0.3 is 14.1 Å². The highest BCUT2D eigenvalue weighted by Crippen LogP contribution is 2.25. The van der Waals surface area contributed by atoms with Crippen LogP contribution in [0.4, 0.5) is 0 Å². The average Bonchev–Trinajstić information content (AvgIpc) is 3.08. The van der Waals surface area contributed by atoms with Crippen LogP contribution < -0.4 is 0 Å². The van der Waals surface area contributed by atoms with Crippen LogP contribution in [0.1, 0.15) is 11.6 Å². The quantitative estimate of drug-likeness (QED) is 0.735. The molecule has 3 heterocycles. The molecule has 1 aliphatic rings. The van der Waals surface area contributed by atoms with Gasteiger partial charge in [-0.05, 0) is 17.5 Å². The van der Waals surface area contributed by atoms with Crippen molar-refractivity contribution >= 4 is 16.7 Å². The van der Waals surface area contributed by atoms with Crippen LogP contribution in [0, 0.1) is 6.92 Å². The summed E-state index contributed by atoms with van der Waals surface area (Å²) in [6.45, 7) is 4.35. The molecule has 1 saturated heterocycles. The third kappa shape index (κ3) is 3.39. The van der Waals surface area contributed by atoms with Crippen molar-refractivity contribution < 1.29 is 13.9 Å². The Morgan fingerprint density at radius 1 is 1.12 bits per heavy atom. The molecule has 25 heavy (non-hydrogen) atoms. The number of carbonyl (C=O) groups excluding carboxylic acids is 1. The topological polar surface area (TPSA) is 68.5 Å². The van der Waals surface area contributed by atoms with Crippen LogP contribution >= 0.6 is 0 Å². The summed E-state index contributed by atoms with van der Waals surface area (Å²) in [4.78, 5) is 22.8. The number of aryl methyl sites for hydroxylation is 1. The van der Waals surface area contributed by atoms with Crippen LogP contribution in [0.3, 0.4) is 0 Å². The molecule has 1 aromatic carbocycles. The minimum atomic E-state index is 0.0946. The summed E-state index contributed by atoms with van der Waals surface area (Å²) in [5.41, 5.74) is 1.74. The molecule has 0 N–H and O–H groups in total. The van der Waals surface area contributed by atoms with Crippen molar-refractivity contribution in [2.45, 2.75) is 13.3 Å². The van der Waals surface area contributed by atoms with Gasteiger partial charge in [-0.1, -0.05) is 12.1 Å². The summed E-state index contributed by atoms with van der Waals surface area (Å²) in [6, 6.07) is 8.01. The van der Waals surface area contributed by atoms with Crippen LogP contribution in [0.2, 0.25) is 0 Å². The first kappa shape index (κ1) is 15.8. The van der Waals surface area contributed by atoms with E-state index < -0.39 is 0 Å². The molecule has 0 saturated carbocycles. The van der Waals surface area contributed by atoms with E-state index in [1.807, 2.05) is 42.3 Å². The minimum Gasteiger partial charge on any atom is -0.441 e. The van der Waals surface area contributed by atoms with Gasteiger partial charge in [0.2, 0.25) is 5.91 Å². The molecule has 2 aromatic heterocycles. The molecule has 0 spiro atoms. The first-order valence-electron chi connectivity index (χ1n) is 8.36. The van der Waals surface area contributed by atoms with Crippen LogP contribution in [-0.4, -0.2) is 47.1 Å². The number of nitrogens with zero attached hydrogens (tertiary/aromatic N) is 3. The lowest BCUT2D eigenvalue weighted by Gasteiger charge is -2.26. The zero-order valence-electron chi connectivity index (χ0n) is 14.1. The van der Waals surface area contributed by atoms with Gasteiger partial charge in [-0.2, -0.15) is 0 Å². The van der Waals surface area contributed by atoms with Gasteiger partial charge in [0.15, 0.2) is 11.7 Å². The minimum absolute atomic E-state index is 0.0946. The number of morpholine rings is 1. The fraction of sp³-hybridized carbons (Fsp3) is 0.316. The summed E-state index contributed by atoms with van der Waals surface area (Å²) in [5.74, 6) is 1.47. The lowest BCUT2D eigenvalue weighted by atomic mass is 10.1. The van der Waals surface area contributed by atoms with E-state index in [1.165, 1.54) is 0 Å². The van der Waals surface area contributed by atoms with Crippen molar-refractivity contribution in [1.29, 1.82) is 0 Å². The molecule has 0 bridgehead atoms. The number of aromatic nitrogens is 2. The number of fused-ring (bicyclic) bond motifs is 1. The molecule has 3 aromatic rings. The van der Waals surface area contributed by atoms with Crippen LogP contribution in [0.25, 0.3) is 22.1 Å². The smallest absolute Gasteiger partial charge is 0.228 e. The van der Waals surface area contributed by atoms with Crippen molar-refractivity contribution in [3.05, 3.63) is 48.2 Å². The molecular formula is C19H19N3O3. The Kier molecular flexibility index (Phi) is 4.19. The zero-order chi connectivity index (χ0) is 17.2. The Labute approximate surface area is 145 Å². The number of rotatable bonds is 3. The van der Waals surface area contributed by atoms with Crippen molar-refractivity contribution in [3.63, 3.8) is 0 Å². The van der Waals surface area contributed by atoms with Gasteiger partial charge in [-0.25, -0.2) is 4.98 Å². The number of amides is 1. The Morgan fingerprint density at radius 2 is 1.96 bits per heavy atom. The molecule has 128 valence electrons. The summed E-state index contributed by atoms with van der Waals surface area (Å²) in [7, 11) is 0. The maximum Gasteiger partial charge on any atom is 0.228 e. The monoisotopic (exact) mass is 337 g/mol. The van der Waals surface area contributed by atoms with Crippen LogP contribution in [0.5, 0.6) is 0 Å². The molecule has 1 amide bonds. The molecule has 6 nitrogen and oxygen atoms in total. The molecule has 1 fully saturated rings. The summed E-state index contributed by atoms with van der Waals surface area (Å²) in [5, 5.41) is 2.06. The van der Waals surface area contributed by atoms with Gasteiger partial charge in [0.05, 0.1) is 31.5 Å². The van der Waals surface area contributed by atoms with Crippen LogP contribution in [0.15, 0.2) is 41.1 Å². The lowest BCUT2D eigenvalue weighted by Crippen LogP contribution is -2.41. The molecule has 1 aliphatic heterocycles. The van der Waals surface area contributed by atoms with Crippen molar-refractivity contribution in [2.24, 2.45) is 0 Å². The number of pyridine rings is 1. The second-order valence-electron chi connectivity index (χ2n) is 6.15. The third-order valence-corrected chi connectivity index (χ3v) is 4.38. The fourth-order valence-corrected chi connectivity index (χ4v) is 3.01. The number of carbonyl (C=O) groups is 1. The van der Waals surface area contributed by atoms with Gasteiger partial charge in [0.1, 0.15) is 0 Å². The zero-order valence-corrected chi connectivity index (χ0v) is 14.1. The Bertz CT molecular complexity index is 913. The molecule has 0 unspecified atom stereocenters. The van der Waals surface area contributed by atoms with E-state index in [1.54, 1.807) is 6.20 Å². The van der Waals surface area contributed by atoms with Gasteiger partial charge in [-0.3, -0.25) is 9.78 Å². The highest BCUT2D eigenvalue weighted by molar-refractivity contribution is 5.87. The number of oxazole rings is 1. The van der Waals surface area contributed by atoms with Crippen molar-refractivity contribution in [1.82, 2.24) is 14.9 Å². The highest BCUT2D eigenvalue weighted by atomic mass is 16.5. The Morgan fingerprint density at radius 3 is 2.72 bits per heavy atom. The predicted molar refractivity (Wildman–Crippen MR) is 93.1 cm³/mol. The van der Waals surface area contributed by atoms with Crippen molar-refractivity contribution in [3.8, 4) is 11.3 Å². The first-order chi connectivity index (χ1) is 12.2. The molecule has 0 aliphatic carbocycles. The van der Waals surface area contributed by atoms with Gasteiger partial charge in [0.25, 0.3) is 0 Å². The van der Waals surface area contributed by atoms with E-state index in [2.05, 4.69) is 9.97 Å². The summed E-state index contributed by atoms with van der Waals surface area (Å²) >= 11 is 0. The summed E-state index contributed by atoms with van der Waals surface area (Å²) in [6.07, 6.45) is 3.84. The molecule has 0 atom stereocenters. The number of hydrogen-bond acceptors (Lipinski definition) is 5. The lowest BCUT2D eigenvalue weighted by molar-refractivity contribution is -0.134. The van der Waals surface area contributed by atoms with E-state index in [0.29, 0.717) is 38.6 Å². The fourth-order valence-electron chi connectivity index (χ4n) is 3.01. The maximum absolute atomic E-state index is 12.4. The highest BCUT2D eigenvalue weighted by Gasteiger charge is 2.17. The number of benzene rings is 1. The van der Waals surface area contributed by atoms with Gasteiger partial charge in [-0.15, -0.1) is 0 Å². The van der Waals surface area contributed by atoms with Crippen molar-refractivity contribution in [2.75, 3.05) is 26.3 Å². The van der Waals surface area contributed by atoms with Crippen LogP contribution in [-0.2, 0) is 16.0 Å². The van der Waals surface area contributed by atoms with E-state index in [4.69, 9.17) is 9.15 Å². The summed E-state index contributed by atoms with van der Waals surface area (Å²) < 4.78 is 10.9. The van der Waals surface area contributed by atoms with Gasteiger partial charge in [0, 0.05) is 37.2 Å². The Balaban J connectivity index is 1.59. The first-order valence-corrected chi connectivity index (χ1v) is 8.36. The van der Waals surface area contributed by atoms with E-state index >= 15 is 0 Å². The standard InChI is InChI=1S/C19H19N3O3/c1-13-20-12-18(25-13)14-2-3-15-11-21-17(9-16(15)8-14)10-19(23)22-4-6-24-7-5-22/h2-3,8-9,11-12H,4-7,10H2,1H3. The normalized spacial score (nSPS) is 14.8. The molecule has 4 rings (SSSR count). The number of ether oxygens (including phenoxy) is 1. The molecule has 6 heteroatoms. The average molecular weight is 337 g/mol. The SMILES string of the molecule is Cc1ncc(-c2ccc3cnc(CC(=O)N4CCOCC4)cc3c2)o1. The molecule has 0 radical (unpaired) electrons. The second-order valence-corrected chi connectivity index (χ2v) is 6.15. The Hall–Kier alpha value is -2.73. The van der Waals surface area contributed by atoms with Gasteiger partial charge >= 0.3 is 0 Å². The van der Waals surface area contributed by atoms with E-state index in [-0.39, 0.29) is 5.91 Å². The second kappa shape index (κ2) is 6.64. The van der Waals surface area contributed by atoms with E-state index in [9.17, 15) is 4.79 Å².